The van der Waals surface area contributed by atoms with Crippen LogP contribution < -0.4 is 5.32 Å². The van der Waals surface area contributed by atoms with Crippen LogP contribution in [-0.4, -0.2) is 25.8 Å². The largest absolute Gasteiger partial charge is 0.381 e. The van der Waals surface area contributed by atoms with E-state index >= 15 is 0 Å². The maximum atomic E-state index is 5.80. The molecule has 2 nitrogen and oxygen atoms in total. The normalized spacial score (nSPS) is 25.7. The van der Waals surface area contributed by atoms with E-state index in [1.807, 2.05) is 0 Å². The van der Waals surface area contributed by atoms with Crippen molar-refractivity contribution in [2.24, 2.45) is 5.92 Å². The van der Waals surface area contributed by atoms with Crippen LogP contribution in [0.25, 0.3) is 0 Å². The first-order valence-corrected chi connectivity index (χ1v) is 7.76. The van der Waals surface area contributed by atoms with Crippen molar-refractivity contribution >= 4 is 12.4 Å². The second-order valence-corrected chi connectivity index (χ2v) is 5.84. The molecule has 0 spiro atoms. The molecule has 0 radical (unpaired) electrons. The molecule has 1 saturated heterocycles. The molecule has 1 N–H and O–H groups in total. The Morgan fingerprint density at radius 3 is 2.28 bits per heavy atom. The molecule has 2 fully saturated rings. The van der Waals surface area contributed by atoms with Crippen LogP contribution in [0.15, 0.2) is 0 Å². The number of hydrogen-bond acceptors (Lipinski definition) is 2. The van der Waals surface area contributed by atoms with Crippen LogP contribution in [0.3, 0.4) is 0 Å². The monoisotopic (exact) mass is 275 g/mol. The van der Waals surface area contributed by atoms with Crippen LogP contribution in [0, 0.1) is 5.92 Å². The smallest absolute Gasteiger partial charge is 0.0480 e. The second-order valence-electron chi connectivity index (χ2n) is 5.84. The summed E-state index contributed by atoms with van der Waals surface area (Å²) in [5.41, 5.74) is 0. The van der Waals surface area contributed by atoms with Crippen LogP contribution in [0.5, 0.6) is 0 Å². The van der Waals surface area contributed by atoms with Gasteiger partial charge in [-0.05, 0) is 38.1 Å². The molecular weight excluding hydrogens is 246 g/mol. The highest BCUT2D eigenvalue weighted by molar-refractivity contribution is 5.85. The standard InChI is InChI=1S/C15H29NO.ClH/c1-2-6-14(7-3-1)9-12-17-13-10-15-8-4-5-11-16-15;/h14-16H,1-13H2;1H. The molecule has 1 atom stereocenters. The van der Waals surface area contributed by atoms with Gasteiger partial charge >= 0.3 is 0 Å². The Morgan fingerprint density at radius 1 is 0.833 bits per heavy atom. The van der Waals surface area contributed by atoms with E-state index in [4.69, 9.17) is 4.74 Å². The lowest BCUT2D eigenvalue weighted by atomic mass is 9.87. The topological polar surface area (TPSA) is 21.3 Å². The lowest BCUT2D eigenvalue weighted by molar-refractivity contribution is 0.103. The second kappa shape index (κ2) is 10.1. The molecular formula is C15H30ClNO. The van der Waals surface area contributed by atoms with Gasteiger partial charge in [0.05, 0.1) is 0 Å². The maximum Gasteiger partial charge on any atom is 0.0480 e. The van der Waals surface area contributed by atoms with E-state index in [9.17, 15) is 0 Å². The summed E-state index contributed by atoms with van der Waals surface area (Å²) in [7, 11) is 0. The zero-order valence-corrected chi connectivity index (χ0v) is 12.5. The van der Waals surface area contributed by atoms with Gasteiger partial charge in [-0.25, -0.2) is 0 Å². The Kier molecular flexibility index (Phi) is 9.08. The molecule has 0 amide bonds. The van der Waals surface area contributed by atoms with E-state index in [-0.39, 0.29) is 12.4 Å². The summed E-state index contributed by atoms with van der Waals surface area (Å²) in [5.74, 6) is 0.969. The molecule has 1 heterocycles. The zero-order valence-electron chi connectivity index (χ0n) is 11.7. The highest BCUT2D eigenvalue weighted by Gasteiger charge is 2.14. The molecule has 1 aliphatic carbocycles. The molecule has 1 saturated carbocycles. The number of rotatable bonds is 6. The van der Waals surface area contributed by atoms with Crippen LogP contribution in [-0.2, 0) is 4.74 Å². The van der Waals surface area contributed by atoms with Crippen molar-refractivity contribution in [1.29, 1.82) is 0 Å². The van der Waals surface area contributed by atoms with Gasteiger partial charge in [-0.2, -0.15) is 0 Å². The summed E-state index contributed by atoms with van der Waals surface area (Å²) in [6.45, 7) is 3.18. The third-order valence-electron chi connectivity index (χ3n) is 4.42. The van der Waals surface area contributed by atoms with E-state index in [1.165, 1.54) is 70.8 Å². The fourth-order valence-corrected chi connectivity index (χ4v) is 3.22. The highest BCUT2D eigenvalue weighted by atomic mass is 35.5. The van der Waals surface area contributed by atoms with Gasteiger partial charge in [0.1, 0.15) is 0 Å². The van der Waals surface area contributed by atoms with E-state index in [1.54, 1.807) is 0 Å². The summed E-state index contributed by atoms with van der Waals surface area (Å²) in [6.07, 6.45) is 13.9. The minimum atomic E-state index is 0. The lowest BCUT2D eigenvalue weighted by Gasteiger charge is -2.24. The molecule has 1 aliphatic heterocycles. The number of piperidine rings is 1. The van der Waals surface area contributed by atoms with Crippen LogP contribution in [0.4, 0.5) is 0 Å². The van der Waals surface area contributed by atoms with Gasteiger partial charge in [0.2, 0.25) is 0 Å². The van der Waals surface area contributed by atoms with E-state index < -0.39 is 0 Å². The molecule has 0 aromatic heterocycles. The molecule has 2 rings (SSSR count). The zero-order chi connectivity index (χ0) is 11.8. The summed E-state index contributed by atoms with van der Waals surface area (Å²) in [4.78, 5) is 0. The van der Waals surface area contributed by atoms with Crippen molar-refractivity contribution in [1.82, 2.24) is 5.32 Å². The highest BCUT2D eigenvalue weighted by Crippen LogP contribution is 2.26. The molecule has 18 heavy (non-hydrogen) atoms. The molecule has 0 aromatic carbocycles. The van der Waals surface area contributed by atoms with E-state index in [2.05, 4.69) is 5.32 Å². The van der Waals surface area contributed by atoms with Gasteiger partial charge in [-0.1, -0.05) is 38.5 Å². The van der Waals surface area contributed by atoms with Crippen molar-refractivity contribution in [3.63, 3.8) is 0 Å². The van der Waals surface area contributed by atoms with Crippen molar-refractivity contribution in [3.05, 3.63) is 0 Å². The molecule has 108 valence electrons. The SMILES string of the molecule is C1CCC(CCOCCC2CCCCN2)CC1.Cl. The van der Waals surface area contributed by atoms with Gasteiger partial charge in [0, 0.05) is 19.3 Å². The van der Waals surface area contributed by atoms with E-state index in [0.717, 1.165) is 25.2 Å². The number of hydrogen-bond donors (Lipinski definition) is 1. The summed E-state index contributed by atoms with van der Waals surface area (Å²) in [6, 6.07) is 0.735. The van der Waals surface area contributed by atoms with Crippen LogP contribution in [0.2, 0.25) is 0 Å². The quantitative estimate of drug-likeness (QED) is 0.742. The molecule has 0 aromatic rings. The first-order chi connectivity index (χ1) is 8.45. The van der Waals surface area contributed by atoms with Crippen molar-refractivity contribution in [2.75, 3.05) is 19.8 Å². The van der Waals surface area contributed by atoms with Gasteiger partial charge in [0.15, 0.2) is 0 Å². The Bertz CT molecular complexity index is 169. The maximum absolute atomic E-state index is 5.80. The average molecular weight is 276 g/mol. The molecule has 1 unspecified atom stereocenters. The summed E-state index contributed by atoms with van der Waals surface area (Å²) < 4.78 is 5.80. The fraction of sp³-hybridized carbons (Fsp3) is 1.00. The minimum Gasteiger partial charge on any atom is -0.381 e. The molecule has 3 heteroatoms. The van der Waals surface area contributed by atoms with E-state index in [0.29, 0.717) is 0 Å². The number of ether oxygens (including phenoxy) is 1. The van der Waals surface area contributed by atoms with Crippen LogP contribution in [0.1, 0.15) is 64.2 Å². The minimum absolute atomic E-state index is 0. The number of halogens is 1. The Labute approximate surface area is 119 Å². The van der Waals surface area contributed by atoms with Gasteiger partial charge in [-0.15, -0.1) is 12.4 Å². The average Bonchev–Trinajstić information content (AvgIpc) is 2.41. The van der Waals surface area contributed by atoms with Gasteiger partial charge in [-0.3, -0.25) is 0 Å². The lowest BCUT2D eigenvalue weighted by Crippen LogP contribution is -2.34. The first-order valence-electron chi connectivity index (χ1n) is 7.76. The third kappa shape index (κ3) is 6.40. The van der Waals surface area contributed by atoms with Gasteiger partial charge in [0.25, 0.3) is 0 Å². The number of nitrogens with one attached hydrogen (secondary N) is 1. The summed E-state index contributed by atoms with van der Waals surface area (Å²) in [5, 5.41) is 3.58. The Hall–Kier alpha value is 0.210. The van der Waals surface area contributed by atoms with Crippen molar-refractivity contribution in [3.8, 4) is 0 Å². The summed E-state index contributed by atoms with van der Waals surface area (Å²) >= 11 is 0. The predicted octanol–water partition coefficient (Wildman–Crippen LogP) is 3.93. The first kappa shape index (κ1) is 16.3. The fourth-order valence-electron chi connectivity index (χ4n) is 3.22. The van der Waals surface area contributed by atoms with Crippen LogP contribution >= 0.6 is 12.4 Å². The third-order valence-corrected chi connectivity index (χ3v) is 4.42. The van der Waals surface area contributed by atoms with Crippen molar-refractivity contribution < 1.29 is 4.74 Å². The Morgan fingerprint density at radius 2 is 1.56 bits per heavy atom. The molecule has 2 aliphatic rings. The van der Waals surface area contributed by atoms with Crippen molar-refractivity contribution in [2.45, 2.75) is 70.3 Å². The predicted molar refractivity (Wildman–Crippen MR) is 79.5 cm³/mol. The Balaban J connectivity index is 0.00000162. The van der Waals surface area contributed by atoms with Gasteiger partial charge < -0.3 is 10.1 Å². The molecule has 0 bridgehead atoms.